The first-order valence-electron chi connectivity index (χ1n) is 5.10. The zero-order valence-corrected chi connectivity index (χ0v) is 10.3. The Morgan fingerprint density at radius 2 is 2.11 bits per heavy atom. The van der Waals surface area contributed by atoms with Gasteiger partial charge in [0.1, 0.15) is 4.88 Å². The van der Waals surface area contributed by atoms with Gasteiger partial charge in [-0.05, 0) is 24.3 Å². The molecule has 1 N–H and O–H groups in total. The van der Waals surface area contributed by atoms with Crippen molar-refractivity contribution in [3.05, 3.63) is 45.9 Å². The van der Waals surface area contributed by atoms with Crippen molar-refractivity contribution in [1.29, 1.82) is 0 Å². The molecule has 0 aromatic carbocycles. The van der Waals surface area contributed by atoms with E-state index in [0.717, 1.165) is 16.9 Å². The second kappa shape index (κ2) is 4.97. The third kappa shape index (κ3) is 2.72. The van der Waals surface area contributed by atoms with Crippen LogP contribution < -0.4 is 0 Å². The molecule has 0 aliphatic carbocycles. The van der Waals surface area contributed by atoms with Gasteiger partial charge in [0.25, 0.3) is 0 Å². The van der Waals surface area contributed by atoms with Gasteiger partial charge < -0.3 is 5.11 Å². The molecule has 0 radical (unpaired) electrons. The number of thiophene rings is 1. The summed E-state index contributed by atoms with van der Waals surface area (Å²) >= 11 is 0.968. The van der Waals surface area contributed by atoms with Crippen molar-refractivity contribution in [1.82, 2.24) is 9.78 Å². The summed E-state index contributed by atoms with van der Waals surface area (Å²) in [7, 11) is 1.79. The van der Waals surface area contributed by atoms with Gasteiger partial charge in [-0.2, -0.15) is 5.10 Å². The smallest absolute Gasteiger partial charge is 0.345 e. The molecule has 0 atom stereocenters. The molecule has 0 amide bonds. The summed E-state index contributed by atoms with van der Waals surface area (Å²) in [5.74, 6) is -1.23. The Morgan fingerprint density at radius 1 is 1.39 bits per heavy atom. The number of aromatic nitrogens is 2. The fourth-order valence-corrected chi connectivity index (χ4v) is 2.13. The van der Waals surface area contributed by atoms with E-state index in [1.807, 2.05) is 0 Å². The largest absolute Gasteiger partial charge is 0.477 e. The minimum Gasteiger partial charge on any atom is -0.477 e. The van der Waals surface area contributed by atoms with E-state index in [9.17, 15) is 9.59 Å². The van der Waals surface area contributed by atoms with Gasteiger partial charge in [-0.1, -0.05) is 0 Å². The fraction of sp³-hybridized carbons (Fsp3) is 0.0833. The maximum atomic E-state index is 11.8. The van der Waals surface area contributed by atoms with Crippen LogP contribution in [0.25, 0.3) is 6.08 Å². The molecular weight excluding hydrogens is 252 g/mol. The van der Waals surface area contributed by atoms with Gasteiger partial charge in [0, 0.05) is 18.8 Å². The number of aryl methyl sites for hydroxylation is 1. The second-order valence-corrected chi connectivity index (χ2v) is 4.70. The number of carboxylic acids is 1. The highest BCUT2D eigenvalue weighted by molar-refractivity contribution is 7.16. The number of allylic oxidation sites excluding steroid dienone is 1. The summed E-state index contributed by atoms with van der Waals surface area (Å²) in [5.41, 5.74) is 0.820. The molecule has 0 aliphatic heterocycles. The van der Waals surface area contributed by atoms with Crippen molar-refractivity contribution in [2.24, 2.45) is 7.05 Å². The number of hydrogen-bond acceptors (Lipinski definition) is 4. The summed E-state index contributed by atoms with van der Waals surface area (Å²) < 4.78 is 1.64. The van der Waals surface area contributed by atoms with E-state index >= 15 is 0 Å². The van der Waals surface area contributed by atoms with Gasteiger partial charge in [-0.15, -0.1) is 11.3 Å². The predicted molar refractivity (Wildman–Crippen MR) is 67.9 cm³/mol. The number of carboxylic acid groups (broad SMARTS) is 1. The summed E-state index contributed by atoms with van der Waals surface area (Å²) in [4.78, 5) is 23.0. The molecule has 0 saturated heterocycles. The Morgan fingerprint density at radius 3 is 2.67 bits per heavy atom. The number of carbonyl (C=O) groups is 2. The van der Waals surface area contributed by atoms with Gasteiger partial charge in [-0.3, -0.25) is 9.48 Å². The zero-order valence-electron chi connectivity index (χ0n) is 9.53. The quantitative estimate of drug-likeness (QED) is 0.676. The molecule has 5 nitrogen and oxygen atoms in total. The lowest BCUT2D eigenvalue weighted by Crippen LogP contribution is -1.91. The predicted octanol–water partition coefficient (Wildman–Crippen LogP) is 2.08. The van der Waals surface area contributed by atoms with E-state index < -0.39 is 5.97 Å². The molecule has 0 saturated carbocycles. The third-order valence-corrected chi connectivity index (χ3v) is 3.30. The van der Waals surface area contributed by atoms with Gasteiger partial charge in [0.2, 0.25) is 0 Å². The number of nitrogens with zero attached hydrogens (tertiary/aromatic N) is 2. The summed E-state index contributed by atoms with van der Waals surface area (Å²) in [6, 6.07) is 2.95. The molecule has 92 valence electrons. The average Bonchev–Trinajstić information content (AvgIpc) is 2.94. The summed E-state index contributed by atoms with van der Waals surface area (Å²) in [6.07, 6.45) is 6.48. The van der Waals surface area contributed by atoms with Crippen LogP contribution in [0, 0.1) is 0 Å². The Balaban J connectivity index is 2.11. The van der Waals surface area contributed by atoms with Crippen LogP contribution in [0.15, 0.2) is 30.6 Å². The van der Waals surface area contributed by atoms with Crippen LogP contribution >= 0.6 is 11.3 Å². The number of carbonyl (C=O) groups excluding carboxylic acids is 1. The van der Waals surface area contributed by atoms with Crippen LogP contribution in [0.2, 0.25) is 0 Å². The third-order valence-electron chi connectivity index (χ3n) is 2.21. The van der Waals surface area contributed by atoms with Crippen molar-refractivity contribution in [2.75, 3.05) is 0 Å². The van der Waals surface area contributed by atoms with Crippen LogP contribution in [0.4, 0.5) is 0 Å². The van der Waals surface area contributed by atoms with Crippen molar-refractivity contribution in [2.45, 2.75) is 0 Å². The minimum absolute atomic E-state index is 0.160. The van der Waals surface area contributed by atoms with Crippen LogP contribution in [-0.4, -0.2) is 26.6 Å². The molecule has 6 heteroatoms. The molecule has 0 aliphatic rings. The Labute approximate surface area is 107 Å². The van der Waals surface area contributed by atoms with Crippen LogP contribution in [0.3, 0.4) is 0 Å². The van der Waals surface area contributed by atoms with Crippen molar-refractivity contribution < 1.29 is 14.7 Å². The lowest BCUT2D eigenvalue weighted by atomic mass is 10.2. The Hall–Kier alpha value is -2.21. The first-order chi connectivity index (χ1) is 8.56. The van der Waals surface area contributed by atoms with E-state index in [1.54, 1.807) is 30.2 Å². The first kappa shape index (κ1) is 12.3. The number of ketones is 1. The van der Waals surface area contributed by atoms with Crippen LogP contribution in [0.1, 0.15) is 24.9 Å². The van der Waals surface area contributed by atoms with E-state index in [4.69, 9.17) is 5.11 Å². The van der Waals surface area contributed by atoms with Gasteiger partial charge >= 0.3 is 5.97 Å². The van der Waals surface area contributed by atoms with Crippen LogP contribution in [0.5, 0.6) is 0 Å². The molecule has 0 unspecified atom stereocenters. The van der Waals surface area contributed by atoms with Gasteiger partial charge in [0.05, 0.1) is 11.1 Å². The van der Waals surface area contributed by atoms with Gasteiger partial charge in [-0.25, -0.2) is 4.79 Å². The van der Waals surface area contributed by atoms with Crippen molar-refractivity contribution >= 4 is 29.2 Å². The minimum atomic E-state index is -1.02. The molecule has 2 rings (SSSR count). The van der Waals surface area contributed by atoms with Crippen molar-refractivity contribution in [3.63, 3.8) is 0 Å². The summed E-state index contributed by atoms with van der Waals surface area (Å²) in [5, 5.41) is 12.7. The average molecular weight is 262 g/mol. The standard InChI is InChI=1S/C12H10N2O3S/c1-14-7-8(6-13-14)2-3-9(15)10-4-5-11(18-10)12(16)17/h2-7H,1H3,(H,16,17). The fourth-order valence-electron chi connectivity index (χ4n) is 1.37. The van der Waals surface area contributed by atoms with E-state index in [2.05, 4.69) is 5.10 Å². The molecule has 0 spiro atoms. The monoisotopic (exact) mass is 262 g/mol. The number of aromatic carboxylic acids is 1. The second-order valence-electron chi connectivity index (χ2n) is 3.61. The lowest BCUT2D eigenvalue weighted by Gasteiger charge is -1.88. The topological polar surface area (TPSA) is 72.2 Å². The highest BCUT2D eigenvalue weighted by Crippen LogP contribution is 2.17. The molecule has 2 aromatic heterocycles. The van der Waals surface area contributed by atoms with Crippen molar-refractivity contribution in [3.8, 4) is 0 Å². The normalized spacial score (nSPS) is 10.9. The molecule has 2 heterocycles. The number of rotatable bonds is 4. The molecule has 0 bridgehead atoms. The SMILES string of the molecule is Cn1cc(C=CC(=O)c2ccc(C(=O)O)s2)cn1. The highest BCUT2D eigenvalue weighted by Gasteiger charge is 2.10. The van der Waals surface area contributed by atoms with Gasteiger partial charge in [0.15, 0.2) is 5.78 Å². The zero-order chi connectivity index (χ0) is 13.1. The Kier molecular flexibility index (Phi) is 3.38. The van der Waals surface area contributed by atoms with E-state index in [0.29, 0.717) is 4.88 Å². The van der Waals surface area contributed by atoms with E-state index in [1.165, 1.54) is 18.2 Å². The maximum absolute atomic E-state index is 11.8. The van der Waals surface area contributed by atoms with Crippen LogP contribution in [-0.2, 0) is 7.05 Å². The maximum Gasteiger partial charge on any atom is 0.345 e. The first-order valence-corrected chi connectivity index (χ1v) is 5.92. The summed E-state index contributed by atoms with van der Waals surface area (Å²) in [6.45, 7) is 0. The molecule has 2 aromatic rings. The number of hydrogen-bond donors (Lipinski definition) is 1. The lowest BCUT2D eigenvalue weighted by molar-refractivity contribution is 0.0702. The highest BCUT2D eigenvalue weighted by atomic mass is 32.1. The van der Waals surface area contributed by atoms with E-state index in [-0.39, 0.29) is 10.7 Å². The molecule has 0 fully saturated rings. The molecular formula is C12H10N2O3S. The Bertz CT molecular complexity index is 625. The molecule has 18 heavy (non-hydrogen) atoms.